The SMILES string of the molecule is Cc1cccc(Cl)c1NCC=Cc1ccccc1. The highest BCUT2D eigenvalue weighted by Crippen LogP contribution is 2.24. The fourth-order valence-electron chi connectivity index (χ4n) is 1.78. The average Bonchev–Trinajstić information content (AvgIpc) is 2.38. The second kappa shape index (κ2) is 6.27. The second-order valence-electron chi connectivity index (χ2n) is 4.13. The van der Waals surface area contributed by atoms with Crippen molar-refractivity contribution in [3.8, 4) is 0 Å². The van der Waals surface area contributed by atoms with Gasteiger partial charge in [-0.3, -0.25) is 0 Å². The van der Waals surface area contributed by atoms with E-state index in [-0.39, 0.29) is 0 Å². The molecule has 0 bridgehead atoms. The number of hydrogen-bond donors (Lipinski definition) is 1. The fourth-order valence-corrected chi connectivity index (χ4v) is 2.06. The molecule has 0 fully saturated rings. The summed E-state index contributed by atoms with van der Waals surface area (Å²) in [6.07, 6.45) is 4.19. The van der Waals surface area contributed by atoms with Gasteiger partial charge in [-0.15, -0.1) is 0 Å². The number of anilines is 1. The zero-order valence-electron chi connectivity index (χ0n) is 10.4. The van der Waals surface area contributed by atoms with Gasteiger partial charge < -0.3 is 5.32 Å². The summed E-state index contributed by atoms with van der Waals surface area (Å²) in [6, 6.07) is 16.2. The van der Waals surface area contributed by atoms with E-state index in [1.54, 1.807) is 0 Å². The zero-order valence-corrected chi connectivity index (χ0v) is 11.1. The van der Waals surface area contributed by atoms with Crippen molar-refractivity contribution in [2.75, 3.05) is 11.9 Å². The van der Waals surface area contributed by atoms with Gasteiger partial charge in [0, 0.05) is 6.54 Å². The Bertz CT molecular complexity index is 512. The summed E-state index contributed by atoms with van der Waals surface area (Å²) in [5.41, 5.74) is 3.38. The van der Waals surface area contributed by atoms with Gasteiger partial charge in [0.15, 0.2) is 0 Å². The lowest BCUT2D eigenvalue weighted by molar-refractivity contribution is 1.31. The number of benzene rings is 2. The third kappa shape index (κ3) is 3.38. The minimum atomic E-state index is 0.763. The summed E-state index contributed by atoms with van der Waals surface area (Å²) in [5.74, 6) is 0. The van der Waals surface area contributed by atoms with Crippen LogP contribution in [0, 0.1) is 6.92 Å². The Balaban J connectivity index is 1.95. The Hall–Kier alpha value is -1.73. The number of nitrogens with one attached hydrogen (secondary N) is 1. The lowest BCUT2D eigenvalue weighted by atomic mass is 10.2. The fraction of sp³-hybridized carbons (Fsp3) is 0.125. The molecule has 92 valence electrons. The van der Waals surface area contributed by atoms with Crippen molar-refractivity contribution in [2.24, 2.45) is 0 Å². The van der Waals surface area contributed by atoms with Gasteiger partial charge in [0.1, 0.15) is 0 Å². The van der Waals surface area contributed by atoms with Crippen LogP contribution in [0.15, 0.2) is 54.6 Å². The van der Waals surface area contributed by atoms with Gasteiger partial charge in [0.05, 0.1) is 10.7 Å². The van der Waals surface area contributed by atoms with Crippen LogP contribution in [0.4, 0.5) is 5.69 Å². The van der Waals surface area contributed by atoms with E-state index in [1.807, 2.05) is 30.3 Å². The van der Waals surface area contributed by atoms with Crippen LogP contribution < -0.4 is 5.32 Å². The third-order valence-electron chi connectivity index (χ3n) is 2.73. The van der Waals surface area contributed by atoms with Gasteiger partial charge in [-0.2, -0.15) is 0 Å². The maximum atomic E-state index is 6.14. The summed E-state index contributed by atoms with van der Waals surface area (Å²) in [4.78, 5) is 0. The monoisotopic (exact) mass is 257 g/mol. The van der Waals surface area contributed by atoms with Crippen molar-refractivity contribution >= 4 is 23.4 Å². The van der Waals surface area contributed by atoms with Gasteiger partial charge in [-0.05, 0) is 24.1 Å². The molecule has 2 aromatic rings. The van der Waals surface area contributed by atoms with Crippen molar-refractivity contribution in [2.45, 2.75) is 6.92 Å². The molecule has 2 aromatic carbocycles. The van der Waals surface area contributed by atoms with Crippen LogP contribution in [0.25, 0.3) is 6.08 Å². The van der Waals surface area contributed by atoms with E-state index in [1.165, 1.54) is 5.56 Å². The number of para-hydroxylation sites is 1. The Morgan fingerprint density at radius 1 is 1.06 bits per heavy atom. The Morgan fingerprint density at radius 2 is 1.83 bits per heavy atom. The molecule has 0 saturated carbocycles. The summed E-state index contributed by atoms with van der Waals surface area (Å²) in [6.45, 7) is 2.81. The van der Waals surface area contributed by atoms with Crippen molar-refractivity contribution < 1.29 is 0 Å². The van der Waals surface area contributed by atoms with Gasteiger partial charge in [0.2, 0.25) is 0 Å². The molecule has 0 unspecified atom stereocenters. The number of rotatable bonds is 4. The van der Waals surface area contributed by atoms with Crippen LogP contribution in [0.5, 0.6) is 0 Å². The summed E-state index contributed by atoms with van der Waals surface area (Å²) >= 11 is 6.14. The molecule has 1 nitrogen and oxygen atoms in total. The largest absolute Gasteiger partial charge is 0.380 e. The van der Waals surface area contributed by atoms with E-state index in [0.717, 1.165) is 22.8 Å². The number of aryl methyl sites for hydroxylation is 1. The van der Waals surface area contributed by atoms with E-state index < -0.39 is 0 Å². The van der Waals surface area contributed by atoms with Gasteiger partial charge in [-0.1, -0.05) is 66.2 Å². The molecule has 0 radical (unpaired) electrons. The van der Waals surface area contributed by atoms with Gasteiger partial charge in [0.25, 0.3) is 0 Å². The highest BCUT2D eigenvalue weighted by molar-refractivity contribution is 6.33. The molecule has 2 rings (SSSR count). The maximum Gasteiger partial charge on any atom is 0.0640 e. The molecule has 0 spiro atoms. The van der Waals surface area contributed by atoms with Crippen LogP contribution in [-0.4, -0.2) is 6.54 Å². The molecule has 0 aliphatic carbocycles. The molecule has 2 heteroatoms. The normalized spacial score (nSPS) is 10.8. The quantitative estimate of drug-likeness (QED) is 0.832. The maximum absolute atomic E-state index is 6.14. The molecular formula is C16H16ClN. The summed E-state index contributed by atoms with van der Waals surface area (Å²) in [7, 11) is 0. The van der Waals surface area contributed by atoms with Crippen molar-refractivity contribution in [1.29, 1.82) is 0 Å². The molecular weight excluding hydrogens is 242 g/mol. The van der Waals surface area contributed by atoms with Crippen LogP contribution >= 0.6 is 11.6 Å². The van der Waals surface area contributed by atoms with E-state index in [0.29, 0.717) is 0 Å². The molecule has 0 heterocycles. The van der Waals surface area contributed by atoms with Crippen LogP contribution in [0.1, 0.15) is 11.1 Å². The van der Waals surface area contributed by atoms with E-state index in [4.69, 9.17) is 11.6 Å². The zero-order chi connectivity index (χ0) is 12.8. The molecule has 0 amide bonds. The molecule has 0 atom stereocenters. The molecule has 0 saturated heterocycles. The highest BCUT2D eigenvalue weighted by Gasteiger charge is 2.00. The van der Waals surface area contributed by atoms with E-state index in [2.05, 4.69) is 42.6 Å². The smallest absolute Gasteiger partial charge is 0.0640 e. The Kier molecular flexibility index (Phi) is 4.43. The van der Waals surface area contributed by atoms with Gasteiger partial charge >= 0.3 is 0 Å². The highest BCUT2D eigenvalue weighted by atomic mass is 35.5. The second-order valence-corrected chi connectivity index (χ2v) is 4.53. The standard InChI is InChI=1S/C16H16ClN/c1-13-7-5-11-15(17)16(13)18-12-6-10-14-8-3-2-4-9-14/h2-11,18H,12H2,1H3. The van der Waals surface area contributed by atoms with Gasteiger partial charge in [-0.25, -0.2) is 0 Å². The first-order valence-corrected chi connectivity index (χ1v) is 6.36. The van der Waals surface area contributed by atoms with E-state index in [9.17, 15) is 0 Å². The molecule has 18 heavy (non-hydrogen) atoms. The minimum Gasteiger partial charge on any atom is -0.380 e. The van der Waals surface area contributed by atoms with Crippen LogP contribution in [-0.2, 0) is 0 Å². The molecule has 0 aliphatic rings. The lowest BCUT2D eigenvalue weighted by Gasteiger charge is -2.09. The van der Waals surface area contributed by atoms with Crippen LogP contribution in [0.2, 0.25) is 5.02 Å². The summed E-state index contributed by atoms with van der Waals surface area (Å²) < 4.78 is 0. The number of halogens is 1. The first-order valence-electron chi connectivity index (χ1n) is 5.98. The topological polar surface area (TPSA) is 12.0 Å². The molecule has 0 aliphatic heterocycles. The molecule has 0 aromatic heterocycles. The minimum absolute atomic E-state index is 0.763. The Labute approximate surface area is 113 Å². The predicted molar refractivity (Wildman–Crippen MR) is 80.2 cm³/mol. The van der Waals surface area contributed by atoms with E-state index >= 15 is 0 Å². The Morgan fingerprint density at radius 3 is 2.56 bits per heavy atom. The molecule has 1 N–H and O–H groups in total. The predicted octanol–water partition coefficient (Wildman–Crippen LogP) is 4.77. The third-order valence-corrected chi connectivity index (χ3v) is 3.04. The average molecular weight is 258 g/mol. The first kappa shape index (κ1) is 12.7. The van der Waals surface area contributed by atoms with Crippen molar-refractivity contribution in [3.63, 3.8) is 0 Å². The van der Waals surface area contributed by atoms with Crippen LogP contribution in [0.3, 0.4) is 0 Å². The summed E-state index contributed by atoms with van der Waals surface area (Å²) in [5, 5.41) is 4.10. The number of hydrogen-bond acceptors (Lipinski definition) is 1. The lowest BCUT2D eigenvalue weighted by Crippen LogP contribution is -2.00. The van der Waals surface area contributed by atoms with Crippen molar-refractivity contribution in [1.82, 2.24) is 0 Å². The van der Waals surface area contributed by atoms with Crippen molar-refractivity contribution in [3.05, 3.63) is 70.8 Å². The first-order chi connectivity index (χ1) is 8.77.